The van der Waals surface area contributed by atoms with Crippen molar-refractivity contribution in [2.45, 2.75) is 46.2 Å². The highest BCUT2D eigenvalue weighted by Crippen LogP contribution is 2.19. The predicted octanol–water partition coefficient (Wildman–Crippen LogP) is 3.21. The molecule has 0 aromatic heterocycles. The van der Waals surface area contributed by atoms with Gasteiger partial charge in [0.2, 0.25) is 0 Å². The van der Waals surface area contributed by atoms with Crippen LogP contribution < -0.4 is 0 Å². The molecule has 1 N–H and O–H groups in total. The second-order valence-corrected chi connectivity index (χ2v) is 5.82. The molecule has 0 spiro atoms. The fourth-order valence-electron chi connectivity index (χ4n) is 1.91. The number of hydrogen-bond donors (Lipinski definition) is 1. The topological polar surface area (TPSA) is 40.5 Å². The minimum atomic E-state index is -0.801. The molecule has 0 saturated carbocycles. The van der Waals surface area contributed by atoms with Crippen molar-refractivity contribution in [3.63, 3.8) is 0 Å². The third-order valence-electron chi connectivity index (χ3n) is 3.14. The van der Waals surface area contributed by atoms with Gasteiger partial charge in [0, 0.05) is 18.6 Å². The van der Waals surface area contributed by atoms with E-state index in [1.807, 2.05) is 26.8 Å². The SMILES string of the molecule is Cc1cc(CN(CCC(=O)O)C(C)(C)C)ccc1F. The van der Waals surface area contributed by atoms with E-state index in [2.05, 4.69) is 4.90 Å². The normalized spacial score (nSPS) is 11.9. The molecule has 0 atom stereocenters. The van der Waals surface area contributed by atoms with Crippen LogP contribution in [0.2, 0.25) is 0 Å². The molecular formula is C15H22FNO2. The molecule has 1 rings (SSSR count). The van der Waals surface area contributed by atoms with Gasteiger partial charge in [0.15, 0.2) is 0 Å². The highest BCUT2D eigenvalue weighted by Gasteiger charge is 2.22. The second kappa shape index (κ2) is 6.15. The summed E-state index contributed by atoms with van der Waals surface area (Å²) in [7, 11) is 0. The first kappa shape index (κ1) is 15.6. The zero-order chi connectivity index (χ0) is 14.6. The Bertz CT molecular complexity index is 452. The van der Waals surface area contributed by atoms with Gasteiger partial charge in [0.1, 0.15) is 5.82 Å². The van der Waals surface area contributed by atoms with E-state index in [0.717, 1.165) is 5.56 Å². The first-order chi connectivity index (χ1) is 8.70. The molecule has 0 aliphatic carbocycles. The molecule has 0 bridgehead atoms. The van der Waals surface area contributed by atoms with Crippen LogP contribution >= 0.6 is 0 Å². The van der Waals surface area contributed by atoms with Crippen LogP contribution in [0.1, 0.15) is 38.3 Å². The van der Waals surface area contributed by atoms with Crippen molar-refractivity contribution in [1.29, 1.82) is 0 Å². The molecule has 0 fully saturated rings. The fourth-order valence-corrected chi connectivity index (χ4v) is 1.91. The van der Waals surface area contributed by atoms with Crippen LogP contribution in [0, 0.1) is 12.7 Å². The molecule has 0 unspecified atom stereocenters. The summed E-state index contributed by atoms with van der Waals surface area (Å²) >= 11 is 0. The summed E-state index contributed by atoms with van der Waals surface area (Å²) in [4.78, 5) is 12.8. The molecule has 0 aliphatic rings. The maximum Gasteiger partial charge on any atom is 0.304 e. The Hall–Kier alpha value is -1.42. The molecule has 19 heavy (non-hydrogen) atoms. The molecule has 0 radical (unpaired) electrons. The fraction of sp³-hybridized carbons (Fsp3) is 0.533. The Morgan fingerprint density at radius 2 is 2.00 bits per heavy atom. The summed E-state index contributed by atoms with van der Waals surface area (Å²) in [5.41, 5.74) is 1.49. The van der Waals surface area contributed by atoms with Crippen molar-refractivity contribution in [2.75, 3.05) is 6.54 Å². The van der Waals surface area contributed by atoms with Gasteiger partial charge in [-0.05, 0) is 44.9 Å². The van der Waals surface area contributed by atoms with Gasteiger partial charge in [-0.2, -0.15) is 0 Å². The molecular weight excluding hydrogens is 245 g/mol. The molecule has 1 aromatic carbocycles. The third-order valence-corrected chi connectivity index (χ3v) is 3.14. The van der Waals surface area contributed by atoms with Crippen LogP contribution in [0.3, 0.4) is 0 Å². The molecule has 4 heteroatoms. The van der Waals surface area contributed by atoms with Gasteiger partial charge in [-0.3, -0.25) is 9.69 Å². The van der Waals surface area contributed by atoms with Crippen LogP contribution in [-0.4, -0.2) is 28.1 Å². The Morgan fingerprint density at radius 3 is 2.47 bits per heavy atom. The van der Waals surface area contributed by atoms with E-state index < -0.39 is 5.97 Å². The number of benzene rings is 1. The average Bonchev–Trinajstić information content (AvgIpc) is 2.27. The number of carboxylic acid groups (broad SMARTS) is 1. The van der Waals surface area contributed by atoms with E-state index in [4.69, 9.17) is 5.11 Å². The van der Waals surface area contributed by atoms with E-state index in [1.165, 1.54) is 6.07 Å². The molecule has 0 amide bonds. The number of carbonyl (C=O) groups is 1. The van der Waals surface area contributed by atoms with Gasteiger partial charge in [-0.1, -0.05) is 12.1 Å². The number of aliphatic carboxylic acids is 1. The van der Waals surface area contributed by atoms with Gasteiger partial charge in [-0.25, -0.2) is 4.39 Å². The van der Waals surface area contributed by atoms with E-state index in [-0.39, 0.29) is 17.8 Å². The van der Waals surface area contributed by atoms with Crippen molar-refractivity contribution < 1.29 is 14.3 Å². The van der Waals surface area contributed by atoms with Crippen molar-refractivity contribution in [1.82, 2.24) is 4.90 Å². The van der Waals surface area contributed by atoms with Gasteiger partial charge in [0.05, 0.1) is 6.42 Å². The maximum atomic E-state index is 13.2. The highest BCUT2D eigenvalue weighted by molar-refractivity contribution is 5.66. The molecule has 106 valence electrons. The Balaban J connectivity index is 2.81. The smallest absolute Gasteiger partial charge is 0.304 e. The van der Waals surface area contributed by atoms with Crippen LogP contribution in [0.25, 0.3) is 0 Å². The number of nitrogens with zero attached hydrogens (tertiary/aromatic N) is 1. The molecule has 0 heterocycles. The van der Waals surface area contributed by atoms with Gasteiger partial charge in [0.25, 0.3) is 0 Å². The van der Waals surface area contributed by atoms with Crippen molar-refractivity contribution in [3.05, 3.63) is 35.1 Å². The summed E-state index contributed by atoms with van der Waals surface area (Å²) in [5.74, 6) is -1.01. The zero-order valence-corrected chi connectivity index (χ0v) is 12.0. The lowest BCUT2D eigenvalue weighted by Gasteiger charge is -2.35. The minimum absolute atomic E-state index is 0.109. The number of rotatable bonds is 5. The van der Waals surface area contributed by atoms with Gasteiger partial charge in [-0.15, -0.1) is 0 Å². The largest absolute Gasteiger partial charge is 0.481 e. The lowest BCUT2D eigenvalue weighted by Crippen LogP contribution is -2.42. The number of aryl methyl sites for hydroxylation is 1. The van der Waals surface area contributed by atoms with E-state index in [9.17, 15) is 9.18 Å². The Morgan fingerprint density at radius 1 is 1.37 bits per heavy atom. The third kappa shape index (κ3) is 4.99. The summed E-state index contributed by atoms with van der Waals surface area (Å²) in [5, 5.41) is 8.80. The first-order valence-electron chi connectivity index (χ1n) is 6.42. The maximum absolute atomic E-state index is 13.2. The number of carboxylic acids is 1. The summed E-state index contributed by atoms with van der Waals surface area (Å²) in [6, 6.07) is 5.03. The zero-order valence-electron chi connectivity index (χ0n) is 12.0. The quantitative estimate of drug-likeness (QED) is 0.890. The molecule has 0 aliphatic heterocycles. The Labute approximate surface area is 114 Å². The second-order valence-electron chi connectivity index (χ2n) is 5.82. The predicted molar refractivity (Wildman–Crippen MR) is 73.6 cm³/mol. The first-order valence-corrected chi connectivity index (χ1v) is 6.42. The van der Waals surface area contributed by atoms with Crippen molar-refractivity contribution >= 4 is 5.97 Å². The summed E-state index contributed by atoms with van der Waals surface area (Å²) in [6.45, 7) is 8.98. The standard InChI is InChI=1S/C15H22FNO2/c1-11-9-12(5-6-13(11)16)10-17(15(2,3)4)8-7-14(18)19/h5-6,9H,7-8,10H2,1-4H3,(H,18,19). The van der Waals surface area contributed by atoms with Crippen molar-refractivity contribution in [2.24, 2.45) is 0 Å². The lowest BCUT2D eigenvalue weighted by atomic mass is 10.0. The monoisotopic (exact) mass is 267 g/mol. The minimum Gasteiger partial charge on any atom is -0.481 e. The number of halogens is 1. The highest BCUT2D eigenvalue weighted by atomic mass is 19.1. The van der Waals surface area contributed by atoms with Crippen LogP contribution in [0.4, 0.5) is 4.39 Å². The van der Waals surface area contributed by atoms with E-state index in [0.29, 0.717) is 18.7 Å². The van der Waals surface area contributed by atoms with Gasteiger partial charge >= 0.3 is 5.97 Å². The lowest BCUT2D eigenvalue weighted by molar-refractivity contribution is -0.137. The molecule has 3 nitrogen and oxygen atoms in total. The van der Waals surface area contributed by atoms with E-state index in [1.54, 1.807) is 13.0 Å². The summed E-state index contributed by atoms with van der Waals surface area (Å²) < 4.78 is 13.2. The molecule has 0 saturated heterocycles. The van der Waals surface area contributed by atoms with Gasteiger partial charge < -0.3 is 5.11 Å². The van der Waals surface area contributed by atoms with Crippen LogP contribution in [-0.2, 0) is 11.3 Å². The van der Waals surface area contributed by atoms with Crippen LogP contribution in [0.5, 0.6) is 0 Å². The molecule has 1 aromatic rings. The number of hydrogen-bond acceptors (Lipinski definition) is 2. The van der Waals surface area contributed by atoms with Crippen molar-refractivity contribution in [3.8, 4) is 0 Å². The van der Waals surface area contributed by atoms with Crippen LogP contribution in [0.15, 0.2) is 18.2 Å². The van der Waals surface area contributed by atoms with E-state index >= 15 is 0 Å². The average molecular weight is 267 g/mol. The Kier molecular flexibility index (Phi) is 5.06. The summed E-state index contributed by atoms with van der Waals surface area (Å²) in [6.07, 6.45) is 0.109.